The van der Waals surface area contributed by atoms with Gasteiger partial charge in [-0.15, -0.1) is 0 Å². The summed E-state index contributed by atoms with van der Waals surface area (Å²) in [6.07, 6.45) is -0.512. The smallest absolute Gasteiger partial charge is 0.128 e. The van der Waals surface area contributed by atoms with Crippen molar-refractivity contribution in [3.05, 3.63) is 29.3 Å². The number of aryl methyl sites for hydroxylation is 1. The first-order chi connectivity index (χ1) is 7.16. The molecule has 1 rings (SSSR count). The van der Waals surface area contributed by atoms with E-state index in [0.717, 1.165) is 16.9 Å². The Hall–Kier alpha value is -1.06. The van der Waals surface area contributed by atoms with Crippen LogP contribution in [-0.4, -0.2) is 25.4 Å². The number of para-hydroxylation sites is 1. The van der Waals surface area contributed by atoms with Gasteiger partial charge in [0.25, 0.3) is 0 Å². The molecule has 1 aromatic rings. The Balaban J connectivity index is 2.82. The van der Waals surface area contributed by atoms with E-state index in [1.807, 2.05) is 25.1 Å². The molecule has 0 aliphatic heterocycles. The maximum Gasteiger partial charge on any atom is 0.128 e. The van der Waals surface area contributed by atoms with Crippen LogP contribution in [0.5, 0.6) is 5.75 Å². The predicted octanol–water partition coefficient (Wildman–Crippen LogP) is 2.07. The lowest BCUT2D eigenvalue weighted by molar-refractivity contribution is 0.140. The summed E-state index contributed by atoms with van der Waals surface area (Å²) >= 11 is 0. The van der Waals surface area contributed by atoms with Crippen molar-refractivity contribution >= 4 is 0 Å². The topological polar surface area (TPSA) is 38.7 Å². The van der Waals surface area contributed by atoms with E-state index in [4.69, 9.17) is 9.47 Å². The molecule has 0 aliphatic carbocycles. The molecule has 0 radical (unpaired) electrons. The van der Waals surface area contributed by atoms with E-state index in [9.17, 15) is 5.11 Å². The number of ether oxygens (including phenoxy) is 2. The van der Waals surface area contributed by atoms with E-state index in [1.54, 1.807) is 14.0 Å². The maximum atomic E-state index is 9.57. The summed E-state index contributed by atoms with van der Waals surface area (Å²) < 4.78 is 10.5. The highest BCUT2D eigenvalue weighted by Crippen LogP contribution is 2.28. The summed E-state index contributed by atoms with van der Waals surface area (Å²) in [5.41, 5.74) is 1.86. The number of hydrogen-bond acceptors (Lipinski definition) is 3. The Bertz CT molecular complexity index is 308. The van der Waals surface area contributed by atoms with Crippen LogP contribution >= 0.6 is 0 Å². The van der Waals surface area contributed by atoms with E-state index >= 15 is 0 Å². The third-order valence-electron chi connectivity index (χ3n) is 2.23. The Morgan fingerprint density at radius 1 is 1.33 bits per heavy atom. The molecule has 1 unspecified atom stereocenters. The SMILES string of the molecule is COCCOc1c(C)cccc1C(C)O. The lowest BCUT2D eigenvalue weighted by Gasteiger charge is -2.15. The highest BCUT2D eigenvalue weighted by atomic mass is 16.5. The van der Waals surface area contributed by atoms with Crippen molar-refractivity contribution in [3.8, 4) is 5.75 Å². The lowest BCUT2D eigenvalue weighted by Crippen LogP contribution is -2.08. The molecular weight excluding hydrogens is 192 g/mol. The number of aliphatic hydroxyl groups excluding tert-OH is 1. The van der Waals surface area contributed by atoms with Crippen molar-refractivity contribution in [1.82, 2.24) is 0 Å². The zero-order valence-corrected chi connectivity index (χ0v) is 9.49. The fraction of sp³-hybridized carbons (Fsp3) is 0.500. The van der Waals surface area contributed by atoms with Gasteiger partial charge < -0.3 is 14.6 Å². The average Bonchev–Trinajstić information content (AvgIpc) is 2.20. The Labute approximate surface area is 90.6 Å². The molecule has 0 amide bonds. The van der Waals surface area contributed by atoms with Crippen LogP contribution in [0.3, 0.4) is 0 Å². The van der Waals surface area contributed by atoms with Crippen molar-refractivity contribution in [2.24, 2.45) is 0 Å². The second kappa shape index (κ2) is 5.73. The molecule has 1 N–H and O–H groups in total. The molecular formula is C12H18O3. The molecule has 0 saturated heterocycles. The van der Waals surface area contributed by atoms with Gasteiger partial charge in [0.1, 0.15) is 12.4 Å². The summed E-state index contributed by atoms with van der Waals surface area (Å²) in [6.45, 7) is 4.75. The number of rotatable bonds is 5. The molecule has 1 atom stereocenters. The molecule has 0 heterocycles. The summed E-state index contributed by atoms with van der Waals surface area (Å²) in [5, 5.41) is 9.57. The minimum Gasteiger partial charge on any atom is -0.491 e. The largest absolute Gasteiger partial charge is 0.491 e. The van der Waals surface area contributed by atoms with Gasteiger partial charge in [-0.05, 0) is 19.4 Å². The van der Waals surface area contributed by atoms with Gasteiger partial charge in [0.2, 0.25) is 0 Å². The maximum absolute atomic E-state index is 9.57. The molecule has 0 saturated carbocycles. The molecule has 84 valence electrons. The average molecular weight is 210 g/mol. The third-order valence-corrected chi connectivity index (χ3v) is 2.23. The number of aliphatic hydroxyl groups is 1. The second-order valence-corrected chi connectivity index (χ2v) is 3.51. The Kier molecular flexibility index (Phi) is 4.59. The quantitative estimate of drug-likeness (QED) is 0.756. The minimum absolute atomic E-state index is 0.501. The van der Waals surface area contributed by atoms with Crippen LogP contribution in [-0.2, 0) is 4.74 Å². The molecule has 0 aliphatic rings. The van der Waals surface area contributed by atoms with E-state index in [1.165, 1.54) is 0 Å². The summed E-state index contributed by atoms with van der Waals surface area (Å²) in [7, 11) is 1.64. The number of benzene rings is 1. The Morgan fingerprint density at radius 3 is 2.67 bits per heavy atom. The minimum atomic E-state index is -0.512. The fourth-order valence-corrected chi connectivity index (χ4v) is 1.43. The molecule has 3 nitrogen and oxygen atoms in total. The highest BCUT2D eigenvalue weighted by molar-refractivity contribution is 5.41. The van der Waals surface area contributed by atoms with Crippen molar-refractivity contribution in [2.75, 3.05) is 20.3 Å². The zero-order chi connectivity index (χ0) is 11.3. The standard InChI is InChI=1S/C12H18O3/c1-9-5-4-6-11(10(2)13)12(9)15-8-7-14-3/h4-6,10,13H,7-8H2,1-3H3. The normalized spacial score (nSPS) is 12.5. The first-order valence-electron chi connectivity index (χ1n) is 5.06. The van der Waals surface area contributed by atoms with E-state index in [2.05, 4.69) is 0 Å². The monoisotopic (exact) mass is 210 g/mol. The van der Waals surface area contributed by atoms with Crippen LogP contribution in [0.2, 0.25) is 0 Å². The molecule has 0 fully saturated rings. The summed E-state index contributed by atoms with van der Waals surface area (Å²) in [4.78, 5) is 0. The van der Waals surface area contributed by atoms with Crippen molar-refractivity contribution in [3.63, 3.8) is 0 Å². The second-order valence-electron chi connectivity index (χ2n) is 3.51. The highest BCUT2D eigenvalue weighted by Gasteiger charge is 2.10. The van der Waals surface area contributed by atoms with E-state index in [0.29, 0.717) is 13.2 Å². The predicted molar refractivity (Wildman–Crippen MR) is 59.2 cm³/mol. The van der Waals surface area contributed by atoms with Crippen LogP contribution < -0.4 is 4.74 Å². The van der Waals surface area contributed by atoms with Gasteiger partial charge in [-0.1, -0.05) is 18.2 Å². The number of methoxy groups -OCH3 is 1. The summed E-state index contributed by atoms with van der Waals surface area (Å²) in [5.74, 6) is 0.768. The van der Waals surface area contributed by atoms with Gasteiger partial charge in [-0.3, -0.25) is 0 Å². The molecule has 1 aromatic carbocycles. The van der Waals surface area contributed by atoms with Crippen molar-refractivity contribution < 1.29 is 14.6 Å². The molecule has 3 heteroatoms. The molecule has 0 aromatic heterocycles. The van der Waals surface area contributed by atoms with Gasteiger partial charge in [-0.25, -0.2) is 0 Å². The molecule has 0 bridgehead atoms. The summed E-state index contributed by atoms with van der Waals surface area (Å²) in [6, 6.07) is 5.76. The van der Waals surface area contributed by atoms with Crippen LogP contribution in [0.15, 0.2) is 18.2 Å². The van der Waals surface area contributed by atoms with Crippen LogP contribution in [0.25, 0.3) is 0 Å². The first kappa shape index (κ1) is 12.0. The molecule has 15 heavy (non-hydrogen) atoms. The van der Waals surface area contributed by atoms with Gasteiger partial charge in [0, 0.05) is 12.7 Å². The third kappa shape index (κ3) is 3.22. The van der Waals surface area contributed by atoms with Gasteiger partial charge in [-0.2, -0.15) is 0 Å². The van der Waals surface area contributed by atoms with Crippen molar-refractivity contribution in [2.45, 2.75) is 20.0 Å². The van der Waals surface area contributed by atoms with Crippen LogP contribution in [0.4, 0.5) is 0 Å². The van der Waals surface area contributed by atoms with Crippen LogP contribution in [0.1, 0.15) is 24.2 Å². The van der Waals surface area contributed by atoms with E-state index in [-0.39, 0.29) is 0 Å². The van der Waals surface area contributed by atoms with Gasteiger partial charge >= 0.3 is 0 Å². The lowest BCUT2D eigenvalue weighted by atomic mass is 10.1. The van der Waals surface area contributed by atoms with Crippen LogP contribution in [0, 0.1) is 6.92 Å². The first-order valence-corrected chi connectivity index (χ1v) is 5.06. The van der Waals surface area contributed by atoms with Gasteiger partial charge in [0.15, 0.2) is 0 Å². The Morgan fingerprint density at radius 2 is 2.07 bits per heavy atom. The fourth-order valence-electron chi connectivity index (χ4n) is 1.43. The van der Waals surface area contributed by atoms with E-state index < -0.39 is 6.10 Å². The number of hydrogen-bond donors (Lipinski definition) is 1. The van der Waals surface area contributed by atoms with Crippen molar-refractivity contribution in [1.29, 1.82) is 0 Å². The zero-order valence-electron chi connectivity index (χ0n) is 9.49. The van der Waals surface area contributed by atoms with Gasteiger partial charge in [0.05, 0.1) is 12.7 Å². The molecule has 0 spiro atoms.